The number of benzene rings is 1. The number of carbonyl (C=O) groups excluding carboxylic acids is 2. The summed E-state index contributed by atoms with van der Waals surface area (Å²) in [7, 11) is 1.56. The molecule has 3 unspecified atom stereocenters. The van der Waals surface area contributed by atoms with Gasteiger partial charge in [-0.05, 0) is 18.1 Å². The number of nitrogens with zero attached hydrogens (tertiary/aromatic N) is 4. The number of ether oxygens (including phenoxy) is 1. The lowest BCUT2D eigenvalue weighted by Gasteiger charge is -2.29. The number of β-amino-alcohol motifs (C(OH)–C–C–N with tert-alkyl or cyclic N) is 1. The minimum absolute atomic E-state index is 0.0347. The maximum absolute atomic E-state index is 13.4. The molecule has 0 aliphatic carbocycles. The maximum atomic E-state index is 13.4. The molecular formula is C19H26N4O4. The summed E-state index contributed by atoms with van der Waals surface area (Å²) in [6, 6.07) is 4.25. The average molecular weight is 374 g/mol. The molecule has 3 rings (SSSR count). The molecule has 1 aromatic heterocycles. The Labute approximate surface area is 158 Å². The molecule has 1 amide bonds. The summed E-state index contributed by atoms with van der Waals surface area (Å²) in [6.45, 7) is 5.79. The number of aliphatic hydroxyl groups is 1. The van der Waals surface area contributed by atoms with E-state index < -0.39 is 18.2 Å². The average Bonchev–Trinajstić information content (AvgIpc) is 3.24. The smallest absolute Gasteiger partial charge is 0.248 e. The molecular weight excluding hydrogens is 348 g/mol. The normalized spacial score (nSPS) is 21.0. The number of carbonyl (C=O) groups is 2. The Bertz CT molecular complexity index is 847. The van der Waals surface area contributed by atoms with Gasteiger partial charge in [0.1, 0.15) is 11.8 Å². The topological polar surface area (TPSA) is 97.6 Å². The number of rotatable bonds is 6. The van der Waals surface area contributed by atoms with Crippen LogP contribution in [0.3, 0.4) is 0 Å². The predicted octanol–water partition coefficient (Wildman–Crippen LogP) is 1.58. The van der Waals surface area contributed by atoms with Crippen molar-refractivity contribution >= 4 is 22.7 Å². The zero-order valence-corrected chi connectivity index (χ0v) is 16.1. The number of aromatic nitrogens is 3. The van der Waals surface area contributed by atoms with E-state index in [1.54, 1.807) is 24.8 Å². The van der Waals surface area contributed by atoms with Gasteiger partial charge in [0.2, 0.25) is 5.91 Å². The van der Waals surface area contributed by atoms with E-state index in [4.69, 9.17) is 4.74 Å². The van der Waals surface area contributed by atoms with Crippen LogP contribution in [-0.4, -0.2) is 62.5 Å². The first-order valence-corrected chi connectivity index (χ1v) is 9.28. The van der Waals surface area contributed by atoms with E-state index in [0.717, 1.165) is 0 Å². The molecule has 8 heteroatoms. The molecule has 2 heterocycles. The number of amides is 1. The second-order valence-corrected chi connectivity index (χ2v) is 7.27. The molecule has 0 radical (unpaired) electrons. The highest BCUT2D eigenvalue weighted by Gasteiger charge is 2.42. The van der Waals surface area contributed by atoms with Crippen LogP contribution in [0.4, 0.5) is 0 Å². The van der Waals surface area contributed by atoms with Gasteiger partial charge in [0.25, 0.3) is 0 Å². The Morgan fingerprint density at radius 2 is 2.11 bits per heavy atom. The molecule has 0 bridgehead atoms. The van der Waals surface area contributed by atoms with Crippen molar-refractivity contribution in [3.8, 4) is 5.75 Å². The number of likely N-dealkylation sites (tertiary alicyclic amines) is 1. The quantitative estimate of drug-likeness (QED) is 0.824. The van der Waals surface area contributed by atoms with Crippen LogP contribution in [0, 0.1) is 5.92 Å². The second-order valence-electron chi connectivity index (χ2n) is 7.27. The van der Waals surface area contributed by atoms with Crippen molar-refractivity contribution in [2.24, 2.45) is 5.92 Å². The van der Waals surface area contributed by atoms with Crippen molar-refractivity contribution in [1.29, 1.82) is 0 Å². The molecule has 146 valence electrons. The third-order valence-corrected chi connectivity index (χ3v) is 5.12. The second kappa shape index (κ2) is 7.64. The van der Waals surface area contributed by atoms with E-state index in [-0.39, 0.29) is 30.6 Å². The van der Waals surface area contributed by atoms with Gasteiger partial charge in [0.15, 0.2) is 11.3 Å². The molecule has 1 aromatic carbocycles. The van der Waals surface area contributed by atoms with Crippen molar-refractivity contribution in [3.05, 3.63) is 18.2 Å². The van der Waals surface area contributed by atoms with Gasteiger partial charge in [-0.15, -0.1) is 5.10 Å². The van der Waals surface area contributed by atoms with E-state index in [1.165, 1.54) is 4.90 Å². The van der Waals surface area contributed by atoms with E-state index in [0.29, 0.717) is 23.2 Å². The van der Waals surface area contributed by atoms with Crippen molar-refractivity contribution in [3.63, 3.8) is 0 Å². The lowest BCUT2D eigenvalue weighted by molar-refractivity contribution is -0.141. The zero-order valence-electron chi connectivity index (χ0n) is 16.1. The minimum atomic E-state index is -0.685. The molecule has 1 saturated heterocycles. The van der Waals surface area contributed by atoms with Crippen LogP contribution in [0.1, 0.15) is 39.7 Å². The Kier molecular flexibility index (Phi) is 5.46. The number of hydrogen-bond acceptors (Lipinski definition) is 6. The molecule has 27 heavy (non-hydrogen) atoms. The van der Waals surface area contributed by atoms with E-state index >= 15 is 0 Å². The Morgan fingerprint density at radius 3 is 2.74 bits per heavy atom. The van der Waals surface area contributed by atoms with Crippen molar-refractivity contribution in [2.75, 3.05) is 13.7 Å². The van der Waals surface area contributed by atoms with Crippen LogP contribution in [0.15, 0.2) is 18.2 Å². The largest absolute Gasteiger partial charge is 0.494 e. The first-order chi connectivity index (χ1) is 12.9. The summed E-state index contributed by atoms with van der Waals surface area (Å²) in [4.78, 5) is 27.2. The predicted molar refractivity (Wildman–Crippen MR) is 99.4 cm³/mol. The maximum Gasteiger partial charge on any atom is 0.248 e. The van der Waals surface area contributed by atoms with Gasteiger partial charge in [-0.1, -0.05) is 32.1 Å². The number of methoxy groups -OCH3 is 1. The van der Waals surface area contributed by atoms with E-state index in [2.05, 4.69) is 10.3 Å². The fourth-order valence-electron chi connectivity index (χ4n) is 3.75. The van der Waals surface area contributed by atoms with Crippen molar-refractivity contribution < 1.29 is 19.4 Å². The van der Waals surface area contributed by atoms with Gasteiger partial charge in [-0.2, -0.15) is 0 Å². The summed E-state index contributed by atoms with van der Waals surface area (Å²) in [5.74, 6) is 0.253. The standard InChI is InChI=1S/C19H26N4O4/c1-5-15(25)14-9-12(24)10-22(14)19(26)18(11(2)3)23-13-7-6-8-16(27-4)17(13)20-21-23/h6-8,11-12,14,18,24H,5,9-10H2,1-4H3. The van der Waals surface area contributed by atoms with Crippen LogP contribution < -0.4 is 4.74 Å². The third-order valence-electron chi connectivity index (χ3n) is 5.12. The summed E-state index contributed by atoms with van der Waals surface area (Å²) >= 11 is 0. The lowest BCUT2D eigenvalue weighted by Crippen LogP contribution is -2.45. The Balaban J connectivity index is 2.01. The summed E-state index contributed by atoms with van der Waals surface area (Å²) in [5, 5.41) is 18.5. The van der Waals surface area contributed by atoms with Crippen LogP contribution in [0.5, 0.6) is 5.75 Å². The monoisotopic (exact) mass is 374 g/mol. The van der Waals surface area contributed by atoms with E-state index in [9.17, 15) is 14.7 Å². The highest BCUT2D eigenvalue weighted by molar-refractivity contribution is 5.92. The highest BCUT2D eigenvalue weighted by Crippen LogP contribution is 2.31. The lowest BCUT2D eigenvalue weighted by atomic mass is 10.0. The fraction of sp³-hybridized carbons (Fsp3) is 0.579. The van der Waals surface area contributed by atoms with E-state index in [1.807, 2.05) is 26.0 Å². The number of fused-ring (bicyclic) bond motifs is 1. The fourth-order valence-corrected chi connectivity index (χ4v) is 3.75. The Morgan fingerprint density at radius 1 is 1.37 bits per heavy atom. The number of hydrogen-bond donors (Lipinski definition) is 1. The molecule has 1 fully saturated rings. The van der Waals surface area contributed by atoms with Crippen molar-refractivity contribution in [2.45, 2.75) is 51.8 Å². The molecule has 3 atom stereocenters. The molecule has 0 spiro atoms. The van der Waals surface area contributed by atoms with Crippen molar-refractivity contribution in [1.82, 2.24) is 19.9 Å². The summed E-state index contributed by atoms with van der Waals surface area (Å²) in [6.07, 6.45) is -0.0681. The molecule has 2 aromatic rings. The third kappa shape index (κ3) is 3.41. The summed E-state index contributed by atoms with van der Waals surface area (Å²) in [5.41, 5.74) is 1.28. The first-order valence-electron chi connectivity index (χ1n) is 9.28. The molecule has 8 nitrogen and oxygen atoms in total. The van der Waals surface area contributed by atoms with Gasteiger partial charge < -0.3 is 14.7 Å². The van der Waals surface area contributed by atoms with Gasteiger partial charge in [-0.3, -0.25) is 9.59 Å². The number of Topliss-reactive ketones (excluding diaryl/α,β-unsaturated/α-hetero) is 1. The molecule has 1 aliphatic rings. The van der Waals surface area contributed by atoms with Crippen LogP contribution in [0.25, 0.3) is 11.0 Å². The number of aliphatic hydroxyl groups excluding tert-OH is 1. The molecule has 1 aliphatic heterocycles. The van der Waals surface area contributed by atoms with Gasteiger partial charge in [-0.25, -0.2) is 4.68 Å². The molecule has 1 N–H and O–H groups in total. The Hall–Kier alpha value is -2.48. The minimum Gasteiger partial charge on any atom is -0.494 e. The van der Waals surface area contributed by atoms with Gasteiger partial charge >= 0.3 is 0 Å². The number of ketones is 1. The summed E-state index contributed by atoms with van der Waals surface area (Å²) < 4.78 is 6.93. The zero-order chi connectivity index (χ0) is 19.7. The van der Waals surface area contributed by atoms with Crippen LogP contribution >= 0.6 is 0 Å². The SMILES string of the molecule is CCC(=O)C1CC(O)CN1C(=O)C(C(C)C)n1nnc2c(OC)cccc21. The van der Waals surface area contributed by atoms with Crippen LogP contribution in [-0.2, 0) is 9.59 Å². The highest BCUT2D eigenvalue weighted by atomic mass is 16.5. The van der Waals surface area contributed by atoms with Gasteiger partial charge in [0.05, 0.1) is 24.8 Å². The molecule has 0 saturated carbocycles. The van der Waals surface area contributed by atoms with Crippen LogP contribution in [0.2, 0.25) is 0 Å². The first kappa shape index (κ1) is 19.3. The van der Waals surface area contributed by atoms with Gasteiger partial charge in [0, 0.05) is 19.4 Å².